The van der Waals surface area contributed by atoms with E-state index in [2.05, 4.69) is 86.0 Å². The molecule has 0 aliphatic heterocycles. The molecule has 1 aromatic heterocycles. The predicted molar refractivity (Wildman–Crippen MR) is 101 cm³/mol. The van der Waals surface area contributed by atoms with E-state index in [1.807, 2.05) is 0 Å². The van der Waals surface area contributed by atoms with Gasteiger partial charge in [0.1, 0.15) is 0 Å². The summed E-state index contributed by atoms with van der Waals surface area (Å²) in [7, 11) is 0. The van der Waals surface area contributed by atoms with Crippen molar-refractivity contribution in [3.8, 4) is 0 Å². The SMILES string of the molecule is CC(C)(C)c1cccc2c1c1ccccc1n2C1=CCCC=C1. The van der Waals surface area contributed by atoms with Gasteiger partial charge in [0.05, 0.1) is 11.0 Å². The van der Waals surface area contributed by atoms with Crippen LogP contribution in [-0.4, -0.2) is 4.57 Å². The van der Waals surface area contributed by atoms with Crippen molar-refractivity contribution in [1.82, 2.24) is 4.57 Å². The number of allylic oxidation sites excluding steroid dienone is 4. The van der Waals surface area contributed by atoms with Crippen molar-refractivity contribution >= 4 is 27.5 Å². The summed E-state index contributed by atoms with van der Waals surface area (Å²) in [4.78, 5) is 0. The fourth-order valence-corrected chi connectivity index (χ4v) is 3.69. The van der Waals surface area contributed by atoms with Crippen LogP contribution in [0.2, 0.25) is 0 Å². The monoisotopic (exact) mass is 301 g/mol. The lowest BCUT2D eigenvalue weighted by Crippen LogP contribution is -2.11. The van der Waals surface area contributed by atoms with E-state index < -0.39 is 0 Å². The molecule has 1 aliphatic carbocycles. The number of para-hydroxylation sites is 1. The van der Waals surface area contributed by atoms with Crippen LogP contribution in [0.25, 0.3) is 27.5 Å². The van der Waals surface area contributed by atoms with Gasteiger partial charge in [-0.3, -0.25) is 0 Å². The predicted octanol–water partition coefficient (Wildman–Crippen LogP) is 6.28. The molecule has 0 atom stereocenters. The Hall–Kier alpha value is -2.28. The first kappa shape index (κ1) is 14.3. The Labute approximate surface area is 137 Å². The number of benzene rings is 2. The molecule has 1 nitrogen and oxygen atoms in total. The van der Waals surface area contributed by atoms with Gasteiger partial charge in [-0.05, 0) is 42.0 Å². The average molecular weight is 301 g/mol. The van der Waals surface area contributed by atoms with E-state index in [1.54, 1.807) is 0 Å². The standard InChI is InChI=1S/C22H23N/c1-22(2,3)18-13-9-15-20-21(18)17-12-7-8-14-19(17)23(20)16-10-5-4-6-11-16/h5,7-15H,4,6H2,1-3H3. The van der Waals surface area contributed by atoms with Gasteiger partial charge < -0.3 is 4.57 Å². The van der Waals surface area contributed by atoms with Crippen LogP contribution in [0.1, 0.15) is 39.2 Å². The quantitative estimate of drug-likeness (QED) is 0.498. The molecule has 0 unspecified atom stereocenters. The highest BCUT2D eigenvalue weighted by Gasteiger charge is 2.21. The molecule has 0 N–H and O–H groups in total. The van der Waals surface area contributed by atoms with Crippen molar-refractivity contribution in [2.45, 2.75) is 39.0 Å². The van der Waals surface area contributed by atoms with Crippen LogP contribution in [-0.2, 0) is 5.41 Å². The molecule has 23 heavy (non-hydrogen) atoms. The molecule has 4 rings (SSSR count). The van der Waals surface area contributed by atoms with Gasteiger partial charge in [0.2, 0.25) is 0 Å². The van der Waals surface area contributed by atoms with Gasteiger partial charge in [0, 0.05) is 16.5 Å². The van der Waals surface area contributed by atoms with Crippen LogP contribution in [0.3, 0.4) is 0 Å². The van der Waals surface area contributed by atoms with Crippen LogP contribution in [0.4, 0.5) is 0 Å². The Morgan fingerprint density at radius 2 is 1.65 bits per heavy atom. The first-order valence-electron chi connectivity index (χ1n) is 8.47. The third kappa shape index (κ3) is 2.23. The largest absolute Gasteiger partial charge is 0.310 e. The summed E-state index contributed by atoms with van der Waals surface area (Å²) in [5.41, 5.74) is 5.47. The highest BCUT2D eigenvalue weighted by atomic mass is 15.0. The van der Waals surface area contributed by atoms with Gasteiger partial charge in [-0.1, -0.05) is 63.3 Å². The van der Waals surface area contributed by atoms with Gasteiger partial charge >= 0.3 is 0 Å². The minimum absolute atomic E-state index is 0.130. The van der Waals surface area contributed by atoms with Gasteiger partial charge in [-0.2, -0.15) is 0 Å². The van der Waals surface area contributed by atoms with Crippen LogP contribution < -0.4 is 0 Å². The van der Waals surface area contributed by atoms with Crippen LogP contribution in [0.5, 0.6) is 0 Å². The Morgan fingerprint density at radius 1 is 0.870 bits per heavy atom. The first-order chi connectivity index (χ1) is 11.1. The molecule has 0 spiro atoms. The van der Waals surface area contributed by atoms with Crippen LogP contribution >= 0.6 is 0 Å². The van der Waals surface area contributed by atoms with Crippen molar-refractivity contribution in [2.24, 2.45) is 0 Å². The molecule has 1 heterocycles. The maximum atomic E-state index is 2.43. The van der Waals surface area contributed by atoms with Gasteiger partial charge in [-0.25, -0.2) is 0 Å². The Bertz CT molecular complexity index is 945. The van der Waals surface area contributed by atoms with E-state index in [1.165, 1.54) is 33.1 Å². The van der Waals surface area contributed by atoms with Crippen molar-refractivity contribution in [3.05, 3.63) is 66.3 Å². The molecule has 2 aromatic carbocycles. The van der Waals surface area contributed by atoms with E-state index in [4.69, 9.17) is 0 Å². The molecular formula is C22H23N. The van der Waals surface area contributed by atoms with Crippen molar-refractivity contribution in [3.63, 3.8) is 0 Å². The van der Waals surface area contributed by atoms with Crippen LogP contribution in [0.15, 0.2) is 60.7 Å². The Morgan fingerprint density at radius 3 is 2.39 bits per heavy atom. The molecular weight excluding hydrogens is 278 g/mol. The number of aromatic nitrogens is 1. The maximum Gasteiger partial charge on any atom is 0.0543 e. The lowest BCUT2D eigenvalue weighted by molar-refractivity contribution is 0.596. The molecule has 0 bridgehead atoms. The number of nitrogens with zero attached hydrogens (tertiary/aromatic N) is 1. The van der Waals surface area contributed by atoms with Crippen LogP contribution in [0, 0.1) is 0 Å². The zero-order valence-electron chi connectivity index (χ0n) is 14.1. The Kier molecular flexibility index (Phi) is 3.19. The molecule has 0 fully saturated rings. The second-order valence-corrected chi connectivity index (χ2v) is 7.41. The number of hydrogen-bond donors (Lipinski definition) is 0. The molecule has 1 heteroatoms. The summed E-state index contributed by atoms with van der Waals surface area (Å²) < 4.78 is 2.43. The zero-order chi connectivity index (χ0) is 16.0. The summed E-state index contributed by atoms with van der Waals surface area (Å²) in [5.74, 6) is 0. The summed E-state index contributed by atoms with van der Waals surface area (Å²) in [6, 6.07) is 15.5. The smallest absolute Gasteiger partial charge is 0.0543 e. The number of hydrogen-bond acceptors (Lipinski definition) is 0. The first-order valence-corrected chi connectivity index (χ1v) is 8.47. The summed E-state index contributed by atoms with van der Waals surface area (Å²) in [6.45, 7) is 6.90. The number of rotatable bonds is 1. The van der Waals surface area contributed by atoms with Gasteiger partial charge in [0.25, 0.3) is 0 Å². The van der Waals surface area contributed by atoms with E-state index >= 15 is 0 Å². The van der Waals surface area contributed by atoms with Gasteiger partial charge in [0.15, 0.2) is 0 Å². The number of fused-ring (bicyclic) bond motifs is 3. The van der Waals surface area contributed by atoms with E-state index in [9.17, 15) is 0 Å². The van der Waals surface area contributed by atoms with Gasteiger partial charge in [-0.15, -0.1) is 0 Å². The lowest BCUT2D eigenvalue weighted by Gasteiger charge is -2.20. The summed E-state index contributed by atoms with van der Waals surface area (Å²) in [5, 5.41) is 2.75. The van der Waals surface area contributed by atoms with Crippen molar-refractivity contribution in [1.29, 1.82) is 0 Å². The third-order valence-corrected chi connectivity index (χ3v) is 4.74. The van der Waals surface area contributed by atoms with E-state index in [0.29, 0.717) is 0 Å². The lowest BCUT2D eigenvalue weighted by atomic mass is 9.84. The molecule has 3 aromatic rings. The molecule has 116 valence electrons. The molecule has 0 saturated heterocycles. The Balaban J connectivity index is 2.18. The molecule has 0 amide bonds. The van der Waals surface area contributed by atoms with Crippen molar-refractivity contribution < 1.29 is 0 Å². The minimum Gasteiger partial charge on any atom is -0.310 e. The highest BCUT2D eigenvalue weighted by Crippen LogP contribution is 2.38. The third-order valence-electron chi connectivity index (χ3n) is 4.74. The minimum atomic E-state index is 0.130. The van der Waals surface area contributed by atoms with Crippen molar-refractivity contribution in [2.75, 3.05) is 0 Å². The van der Waals surface area contributed by atoms with E-state index in [0.717, 1.165) is 12.8 Å². The molecule has 0 saturated carbocycles. The van der Waals surface area contributed by atoms with E-state index in [-0.39, 0.29) is 5.41 Å². The zero-order valence-corrected chi connectivity index (χ0v) is 14.1. The normalized spacial score (nSPS) is 15.3. The summed E-state index contributed by atoms with van der Waals surface area (Å²) >= 11 is 0. The fourth-order valence-electron chi connectivity index (χ4n) is 3.69. The molecule has 1 aliphatic rings. The average Bonchev–Trinajstić information content (AvgIpc) is 2.89. The molecule has 0 radical (unpaired) electrons. The topological polar surface area (TPSA) is 4.93 Å². The maximum absolute atomic E-state index is 2.43. The summed E-state index contributed by atoms with van der Waals surface area (Å²) in [6.07, 6.45) is 9.17. The fraction of sp³-hybridized carbons (Fsp3) is 0.273. The second kappa shape index (κ2) is 5.13. The highest BCUT2D eigenvalue weighted by molar-refractivity contribution is 6.12. The second-order valence-electron chi connectivity index (χ2n) is 7.41.